The van der Waals surface area contributed by atoms with Gasteiger partial charge in [-0.3, -0.25) is 9.78 Å². The van der Waals surface area contributed by atoms with Crippen LogP contribution in [0.3, 0.4) is 0 Å². The van der Waals surface area contributed by atoms with E-state index >= 15 is 0 Å². The van der Waals surface area contributed by atoms with Crippen molar-refractivity contribution < 1.29 is 14.3 Å². The second-order valence-corrected chi connectivity index (χ2v) is 5.32. The number of carbonyl (C=O) groups excluding carboxylic acids is 2. The molecule has 1 aromatic heterocycles. The third-order valence-electron chi connectivity index (χ3n) is 3.28. The van der Waals surface area contributed by atoms with E-state index in [0.29, 0.717) is 11.3 Å². The molecule has 5 heteroatoms. The van der Waals surface area contributed by atoms with Gasteiger partial charge in [-0.05, 0) is 38.8 Å². The van der Waals surface area contributed by atoms with Gasteiger partial charge in [-0.25, -0.2) is 9.78 Å². The fraction of sp³-hybridized carbons (Fsp3) is 0.294. The number of ketones is 1. The Bertz CT molecular complexity index is 698. The number of rotatable bonds is 4. The number of hydrogen-bond donors (Lipinski definition) is 0. The first-order chi connectivity index (χ1) is 10.4. The minimum Gasteiger partial charge on any atom is -0.453 e. The molecule has 0 amide bonds. The van der Waals surface area contributed by atoms with Gasteiger partial charge in [0, 0.05) is 11.8 Å². The van der Waals surface area contributed by atoms with E-state index < -0.39 is 5.97 Å². The molecule has 1 aromatic carbocycles. The van der Waals surface area contributed by atoms with Crippen molar-refractivity contribution >= 4 is 11.8 Å². The van der Waals surface area contributed by atoms with Gasteiger partial charge in [0.2, 0.25) is 5.78 Å². The number of ether oxygens (including phenoxy) is 1. The summed E-state index contributed by atoms with van der Waals surface area (Å²) in [7, 11) is 0. The third kappa shape index (κ3) is 3.55. The molecule has 0 spiro atoms. The van der Waals surface area contributed by atoms with Crippen LogP contribution >= 0.6 is 0 Å². The summed E-state index contributed by atoms with van der Waals surface area (Å²) in [6.45, 7) is 7.19. The third-order valence-corrected chi connectivity index (χ3v) is 3.28. The minimum absolute atomic E-state index is 0.0933. The maximum Gasteiger partial charge on any atom is 0.358 e. The van der Waals surface area contributed by atoms with E-state index in [1.54, 1.807) is 6.92 Å². The molecule has 0 fully saturated rings. The summed E-state index contributed by atoms with van der Waals surface area (Å²) in [4.78, 5) is 32.0. The molecule has 0 N–H and O–H groups in total. The zero-order valence-corrected chi connectivity index (χ0v) is 13.1. The van der Waals surface area contributed by atoms with Crippen LogP contribution in [0.5, 0.6) is 0 Å². The monoisotopic (exact) mass is 298 g/mol. The van der Waals surface area contributed by atoms with Crippen LogP contribution in [0.2, 0.25) is 0 Å². The van der Waals surface area contributed by atoms with Gasteiger partial charge >= 0.3 is 5.97 Å². The Morgan fingerprint density at radius 2 is 1.64 bits per heavy atom. The highest BCUT2D eigenvalue weighted by Gasteiger charge is 2.16. The lowest BCUT2D eigenvalue weighted by Crippen LogP contribution is -2.17. The molecule has 1 heterocycles. The molecule has 0 saturated carbocycles. The topological polar surface area (TPSA) is 69.2 Å². The fourth-order valence-corrected chi connectivity index (χ4v) is 2.40. The maximum absolute atomic E-state index is 12.3. The SMILES string of the molecule is Cc1cc(C)c(C(=O)COC(=O)c2cnc(C)cn2)c(C)c1. The molecule has 0 atom stereocenters. The van der Waals surface area contributed by atoms with E-state index in [1.807, 2.05) is 32.9 Å². The van der Waals surface area contributed by atoms with Crippen molar-refractivity contribution in [2.75, 3.05) is 6.61 Å². The second kappa shape index (κ2) is 6.47. The summed E-state index contributed by atoms with van der Waals surface area (Å²) in [5, 5.41) is 0. The van der Waals surface area contributed by atoms with Crippen molar-refractivity contribution in [3.8, 4) is 0 Å². The van der Waals surface area contributed by atoms with Crippen molar-refractivity contribution in [2.24, 2.45) is 0 Å². The molecule has 0 unspecified atom stereocenters. The Balaban J connectivity index is 2.07. The zero-order chi connectivity index (χ0) is 16.3. The van der Waals surface area contributed by atoms with Crippen LogP contribution in [0.25, 0.3) is 0 Å². The molecule has 2 rings (SSSR count). The fourth-order valence-electron chi connectivity index (χ4n) is 2.40. The molecular formula is C17H18N2O3. The molecule has 0 radical (unpaired) electrons. The minimum atomic E-state index is -0.650. The van der Waals surface area contributed by atoms with Gasteiger partial charge < -0.3 is 4.74 Å². The number of aromatic nitrogens is 2. The molecule has 114 valence electrons. The first-order valence-electron chi connectivity index (χ1n) is 6.95. The molecule has 2 aromatic rings. The van der Waals surface area contributed by atoms with Crippen LogP contribution in [0.1, 0.15) is 43.2 Å². The van der Waals surface area contributed by atoms with Gasteiger partial charge in [-0.2, -0.15) is 0 Å². The van der Waals surface area contributed by atoms with Crippen LogP contribution < -0.4 is 0 Å². The second-order valence-electron chi connectivity index (χ2n) is 5.32. The number of Topliss-reactive ketones (excluding diaryl/α,β-unsaturated/α-hetero) is 1. The summed E-state index contributed by atoms with van der Waals surface area (Å²) in [5.41, 5.74) is 4.27. The van der Waals surface area contributed by atoms with Crippen molar-refractivity contribution in [3.63, 3.8) is 0 Å². The average Bonchev–Trinajstić information content (AvgIpc) is 2.44. The van der Waals surface area contributed by atoms with Gasteiger partial charge in [0.05, 0.1) is 11.9 Å². The molecule has 0 aliphatic carbocycles. The Hall–Kier alpha value is -2.56. The lowest BCUT2D eigenvalue weighted by molar-refractivity contribution is 0.0468. The van der Waals surface area contributed by atoms with E-state index in [1.165, 1.54) is 12.4 Å². The van der Waals surface area contributed by atoms with E-state index in [-0.39, 0.29) is 18.1 Å². The molecule has 22 heavy (non-hydrogen) atoms. The average molecular weight is 298 g/mol. The lowest BCUT2D eigenvalue weighted by atomic mass is 9.97. The van der Waals surface area contributed by atoms with E-state index in [9.17, 15) is 9.59 Å². The molecule has 0 aliphatic rings. The Morgan fingerprint density at radius 1 is 1.00 bits per heavy atom. The highest BCUT2D eigenvalue weighted by molar-refractivity contribution is 6.01. The van der Waals surface area contributed by atoms with Crippen molar-refractivity contribution in [3.05, 3.63) is 58.2 Å². The first-order valence-corrected chi connectivity index (χ1v) is 6.95. The van der Waals surface area contributed by atoms with Crippen LogP contribution in [-0.2, 0) is 4.74 Å². The lowest BCUT2D eigenvalue weighted by Gasteiger charge is -2.10. The number of carbonyl (C=O) groups is 2. The molecule has 0 bridgehead atoms. The molecule has 5 nitrogen and oxygen atoms in total. The number of esters is 1. The maximum atomic E-state index is 12.3. The van der Waals surface area contributed by atoms with Crippen LogP contribution in [-0.4, -0.2) is 28.3 Å². The largest absolute Gasteiger partial charge is 0.453 e. The van der Waals surface area contributed by atoms with Gasteiger partial charge in [-0.15, -0.1) is 0 Å². The van der Waals surface area contributed by atoms with Crippen molar-refractivity contribution in [2.45, 2.75) is 27.7 Å². The van der Waals surface area contributed by atoms with E-state index in [4.69, 9.17) is 4.74 Å². The number of hydrogen-bond acceptors (Lipinski definition) is 5. The van der Waals surface area contributed by atoms with Crippen molar-refractivity contribution in [1.29, 1.82) is 0 Å². The van der Waals surface area contributed by atoms with Crippen LogP contribution in [0.15, 0.2) is 24.5 Å². The standard InChI is InChI=1S/C17H18N2O3/c1-10-5-11(2)16(12(3)6-10)15(20)9-22-17(21)14-8-18-13(4)7-19-14/h5-8H,9H2,1-4H3. The van der Waals surface area contributed by atoms with Gasteiger partial charge in [0.15, 0.2) is 12.3 Å². The van der Waals surface area contributed by atoms with Crippen LogP contribution in [0, 0.1) is 27.7 Å². The Labute approximate surface area is 129 Å². The summed E-state index contributed by atoms with van der Waals surface area (Å²) < 4.78 is 5.03. The summed E-state index contributed by atoms with van der Waals surface area (Å²) in [6, 6.07) is 3.88. The van der Waals surface area contributed by atoms with Gasteiger partial charge in [0.1, 0.15) is 0 Å². The Kier molecular flexibility index (Phi) is 4.65. The summed E-state index contributed by atoms with van der Waals surface area (Å²) in [5.74, 6) is -0.869. The summed E-state index contributed by atoms with van der Waals surface area (Å²) >= 11 is 0. The highest BCUT2D eigenvalue weighted by atomic mass is 16.5. The molecule has 0 saturated heterocycles. The number of aryl methyl sites for hydroxylation is 4. The molecule has 0 aliphatic heterocycles. The first kappa shape index (κ1) is 15.8. The Morgan fingerprint density at radius 3 is 2.18 bits per heavy atom. The predicted octanol–water partition coefficient (Wildman–Crippen LogP) is 2.75. The zero-order valence-electron chi connectivity index (χ0n) is 13.1. The van der Waals surface area contributed by atoms with Crippen molar-refractivity contribution in [1.82, 2.24) is 9.97 Å². The highest BCUT2D eigenvalue weighted by Crippen LogP contribution is 2.17. The predicted molar refractivity (Wildman–Crippen MR) is 82.0 cm³/mol. The number of benzene rings is 1. The van der Waals surface area contributed by atoms with Crippen LogP contribution in [0.4, 0.5) is 0 Å². The number of nitrogens with zero attached hydrogens (tertiary/aromatic N) is 2. The van der Waals surface area contributed by atoms with E-state index in [0.717, 1.165) is 16.7 Å². The van der Waals surface area contributed by atoms with Gasteiger partial charge in [-0.1, -0.05) is 17.7 Å². The normalized spacial score (nSPS) is 10.4. The molecular weight excluding hydrogens is 280 g/mol. The smallest absolute Gasteiger partial charge is 0.358 e. The van der Waals surface area contributed by atoms with E-state index in [2.05, 4.69) is 9.97 Å². The summed E-state index contributed by atoms with van der Waals surface area (Å²) in [6.07, 6.45) is 2.82. The van der Waals surface area contributed by atoms with Gasteiger partial charge in [0.25, 0.3) is 0 Å². The quantitative estimate of drug-likeness (QED) is 0.641.